The molecular formula is C27H27ClFN3O3. The van der Waals surface area contributed by atoms with Crippen LogP contribution in [0.25, 0.3) is 0 Å². The van der Waals surface area contributed by atoms with Crippen LogP contribution < -0.4 is 15.0 Å². The van der Waals surface area contributed by atoms with Gasteiger partial charge < -0.3 is 15.0 Å². The van der Waals surface area contributed by atoms with Crippen molar-refractivity contribution in [2.45, 2.75) is 19.0 Å². The quantitative estimate of drug-likeness (QED) is 0.480. The van der Waals surface area contributed by atoms with Crippen molar-refractivity contribution in [3.8, 4) is 11.5 Å². The van der Waals surface area contributed by atoms with Gasteiger partial charge in [0.25, 0.3) is 5.91 Å². The number of anilines is 1. The number of carbonyl (C=O) groups excluding carboxylic acids is 2. The lowest BCUT2D eigenvalue weighted by atomic mass is 10.0. The minimum absolute atomic E-state index is 0.119. The van der Waals surface area contributed by atoms with Crippen molar-refractivity contribution >= 4 is 29.1 Å². The Balaban J connectivity index is 1.70. The van der Waals surface area contributed by atoms with Crippen LogP contribution in [0, 0.1) is 5.82 Å². The Hall–Kier alpha value is -3.42. The van der Waals surface area contributed by atoms with E-state index >= 15 is 0 Å². The molecule has 3 aromatic rings. The molecule has 1 N–H and O–H groups in total. The lowest BCUT2D eigenvalue weighted by Crippen LogP contribution is -2.55. The summed E-state index contributed by atoms with van der Waals surface area (Å²) < 4.78 is 19.6. The molecule has 0 spiro atoms. The van der Waals surface area contributed by atoms with E-state index in [2.05, 4.69) is 5.32 Å². The number of halogens is 2. The van der Waals surface area contributed by atoms with Crippen LogP contribution in [0.4, 0.5) is 10.1 Å². The van der Waals surface area contributed by atoms with Crippen LogP contribution in [0.5, 0.6) is 11.5 Å². The number of nitrogens with one attached hydrogen (secondary N) is 1. The van der Waals surface area contributed by atoms with Gasteiger partial charge in [0.1, 0.15) is 29.2 Å². The van der Waals surface area contributed by atoms with Gasteiger partial charge in [-0.15, -0.1) is 11.6 Å². The van der Waals surface area contributed by atoms with E-state index in [1.807, 2.05) is 37.3 Å². The van der Waals surface area contributed by atoms with Crippen LogP contribution in [0.1, 0.15) is 18.5 Å². The zero-order valence-electron chi connectivity index (χ0n) is 19.4. The van der Waals surface area contributed by atoms with Crippen molar-refractivity contribution in [1.29, 1.82) is 0 Å². The van der Waals surface area contributed by atoms with Crippen LogP contribution >= 0.6 is 11.6 Å². The van der Waals surface area contributed by atoms with E-state index < -0.39 is 17.8 Å². The zero-order chi connectivity index (χ0) is 24.8. The van der Waals surface area contributed by atoms with Gasteiger partial charge in [0.15, 0.2) is 0 Å². The van der Waals surface area contributed by atoms with Gasteiger partial charge in [-0.2, -0.15) is 0 Å². The summed E-state index contributed by atoms with van der Waals surface area (Å²) in [6.07, 6.45) is 0. The summed E-state index contributed by atoms with van der Waals surface area (Å²) in [5, 5.41) is 3.31. The molecule has 1 aliphatic heterocycles. The number of piperazine rings is 1. The standard InChI is InChI=1S/C27H27ClFN3O3/c1-19-18-31(16-15-30-19)27(34)26(20-7-9-21(29)10-8-20)32(25(33)17-28)22-11-13-24(14-12-22)35-23-5-3-2-4-6-23/h2-14,19,26,30H,15-18H2,1H3/t19?,26-/m0/s1. The topological polar surface area (TPSA) is 61.9 Å². The highest BCUT2D eigenvalue weighted by Crippen LogP contribution is 2.32. The van der Waals surface area contributed by atoms with Gasteiger partial charge in [-0.05, 0) is 61.0 Å². The lowest BCUT2D eigenvalue weighted by molar-refractivity contribution is -0.135. The van der Waals surface area contributed by atoms with Gasteiger partial charge >= 0.3 is 0 Å². The minimum Gasteiger partial charge on any atom is -0.457 e. The molecule has 1 unspecified atom stereocenters. The first-order valence-electron chi connectivity index (χ1n) is 11.4. The van der Waals surface area contributed by atoms with E-state index in [9.17, 15) is 14.0 Å². The monoisotopic (exact) mass is 495 g/mol. The maximum atomic E-state index is 13.8. The Kier molecular flexibility index (Phi) is 8.00. The maximum absolute atomic E-state index is 13.8. The molecule has 4 rings (SSSR count). The average Bonchev–Trinajstić information content (AvgIpc) is 2.88. The first-order valence-corrected chi connectivity index (χ1v) is 12.0. The molecule has 0 aliphatic carbocycles. The zero-order valence-corrected chi connectivity index (χ0v) is 20.1. The van der Waals surface area contributed by atoms with Crippen molar-refractivity contribution in [3.05, 3.63) is 90.2 Å². The number of amides is 2. The number of hydrogen-bond donors (Lipinski definition) is 1. The van der Waals surface area contributed by atoms with Gasteiger partial charge in [0, 0.05) is 31.4 Å². The number of hydrogen-bond acceptors (Lipinski definition) is 4. The molecule has 8 heteroatoms. The summed E-state index contributed by atoms with van der Waals surface area (Å²) in [5.41, 5.74) is 0.993. The number of carbonyl (C=O) groups is 2. The summed E-state index contributed by atoms with van der Waals surface area (Å²) in [7, 11) is 0. The number of alkyl halides is 1. The second kappa shape index (κ2) is 11.3. The Labute approximate surface area is 209 Å². The molecule has 182 valence electrons. The van der Waals surface area contributed by atoms with E-state index in [1.165, 1.54) is 29.2 Å². The molecule has 0 radical (unpaired) electrons. The van der Waals surface area contributed by atoms with Crippen LogP contribution in [-0.4, -0.2) is 48.3 Å². The lowest BCUT2D eigenvalue weighted by Gasteiger charge is -2.38. The third-order valence-corrected chi connectivity index (χ3v) is 6.06. The average molecular weight is 496 g/mol. The summed E-state index contributed by atoms with van der Waals surface area (Å²) in [6, 6.07) is 21.0. The predicted molar refractivity (Wildman–Crippen MR) is 134 cm³/mol. The Bertz CT molecular complexity index is 1140. The van der Waals surface area contributed by atoms with E-state index in [0.29, 0.717) is 42.4 Å². The first-order chi connectivity index (χ1) is 17.0. The Morgan fingerprint density at radius 2 is 1.71 bits per heavy atom. The van der Waals surface area contributed by atoms with Crippen molar-refractivity contribution in [2.75, 3.05) is 30.4 Å². The fourth-order valence-corrected chi connectivity index (χ4v) is 4.28. The molecule has 35 heavy (non-hydrogen) atoms. The van der Waals surface area contributed by atoms with Gasteiger partial charge in [0.05, 0.1) is 0 Å². The molecule has 2 amide bonds. The van der Waals surface area contributed by atoms with Crippen LogP contribution in [0.15, 0.2) is 78.9 Å². The van der Waals surface area contributed by atoms with Gasteiger partial charge in [-0.3, -0.25) is 14.5 Å². The molecule has 3 aromatic carbocycles. The highest BCUT2D eigenvalue weighted by Gasteiger charge is 2.36. The van der Waals surface area contributed by atoms with Crippen molar-refractivity contribution in [2.24, 2.45) is 0 Å². The molecule has 1 fully saturated rings. The van der Waals surface area contributed by atoms with E-state index in [-0.39, 0.29) is 17.8 Å². The second-order valence-corrected chi connectivity index (χ2v) is 8.67. The summed E-state index contributed by atoms with van der Waals surface area (Å²) in [5.74, 6) is -0.152. The van der Waals surface area contributed by atoms with Crippen molar-refractivity contribution < 1.29 is 18.7 Å². The molecule has 0 bridgehead atoms. The number of para-hydroxylation sites is 1. The Morgan fingerprint density at radius 3 is 2.34 bits per heavy atom. The van der Waals surface area contributed by atoms with E-state index in [1.54, 1.807) is 29.2 Å². The van der Waals surface area contributed by atoms with E-state index in [4.69, 9.17) is 16.3 Å². The predicted octanol–water partition coefficient (Wildman–Crippen LogP) is 4.75. The molecule has 1 saturated heterocycles. The molecule has 1 heterocycles. The molecule has 2 atom stereocenters. The third-order valence-electron chi connectivity index (χ3n) is 5.84. The highest BCUT2D eigenvalue weighted by molar-refractivity contribution is 6.29. The molecule has 6 nitrogen and oxygen atoms in total. The highest BCUT2D eigenvalue weighted by atomic mass is 35.5. The fraction of sp³-hybridized carbons (Fsp3) is 0.259. The fourth-order valence-electron chi connectivity index (χ4n) is 4.15. The summed E-state index contributed by atoms with van der Waals surface area (Å²) in [4.78, 5) is 30.1. The number of benzene rings is 3. The van der Waals surface area contributed by atoms with Gasteiger partial charge in [-0.25, -0.2) is 4.39 Å². The molecular weight excluding hydrogens is 469 g/mol. The van der Waals surface area contributed by atoms with Crippen molar-refractivity contribution in [1.82, 2.24) is 10.2 Å². The van der Waals surface area contributed by atoms with Crippen LogP contribution in [0.2, 0.25) is 0 Å². The van der Waals surface area contributed by atoms with Crippen LogP contribution in [0.3, 0.4) is 0 Å². The first kappa shape index (κ1) is 24.7. The number of ether oxygens (including phenoxy) is 1. The third kappa shape index (κ3) is 5.99. The number of rotatable bonds is 7. The number of nitrogens with zero attached hydrogens (tertiary/aromatic N) is 2. The van der Waals surface area contributed by atoms with E-state index in [0.717, 1.165) is 0 Å². The minimum atomic E-state index is -0.993. The van der Waals surface area contributed by atoms with Crippen LogP contribution in [-0.2, 0) is 9.59 Å². The maximum Gasteiger partial charge on any atom is 0.250 e. The van der Waals surface area contributed by atoms with Gasteiger partial charge in [-0.1, -0.05) is 30.3 Å². The Morgan fingerprint density at radius 1 is 1.06 bits per heavy atom. The smallest absolute Gasteiger partial charge is 0.250 e. The largest absolute Gasteiger partial charge is 0.457 e. The second-order valence-electron chi connectivity index (χ2n) is 8.40. The molecule has 0 aromatic heterocycles. The van der Waals surface area contributed by atoms with Crippen molar-refractivity contribution in [3.63, 3.8) is 0 Å². The molecule has 1 aliphatic rings. The van der Waals surface area contributed by atoms with Gasteiger partial charge in [0.2, 0.25) is 5.91 Å². The SMILES string of the molecule is CC1CN(C(=O)[C@H](c2ccc(F)cc2)N(C(=O)CCl)c2ccc(Oc3ccccc3)cc2)CCN1. The molecule has 0 saturated carbocycles. The normalized spacial score (nSPS) is 16.4. The summed E-state index contributed by atoms with van der Waals surface area (Å²) in [6.45, 7) is 3.66. The summed E-state index contributed by atoms with van der Waals surface area (Å²) >= 11 is 5.99.